The van der Waals surface area contributed by atoms with E-state index in [9.17, 15) is 0 Å². The highest BCUT2D eigenvalue weighted by Gasteiger charge is 2.21. The maximum Gasteiger partial charge on any atom is 0.0940 e. The van der Waals surface area contributed by atoms with Crippen molar-refractivity contribution < 1.29 is 4.74 Å². The predicted octanol–water partition coefficient (Wildman–Crippen LogP) is 2.93. The monoisotopic (exact) mass is 268 g/mol. The quantitative estimate of drug-likeness (QED) is 0.861. The summed E-state index contributed by atoms with van der Waals surface area (Å²) >= 11 is 1.77. The van der Waals surface area contributed by atoms with Crippen molar-refractivity contribution in [2.45, 2.75) is 58.1 Å². The van der Waals surface area contributed by atoms with Crippen LogP contribution in [0.25, 0.3) is 0 Å². The number of nitrogens with zero attached hydrogens (tertiary/aromatic N) is 1. The van der Waals surface area contributed by atoms with Crippen LogP contribution in [0.15, 0.2) is 5.38 Å². The molecule has 1 fully saturated rings. The fourth-order valence-corrected chi connectivity index (χ4v) is 3.27. The van der Waals surface area contributed by atoms with E-state index in [0.29, 0.717) is 12.1 Å². The van der Waals surface area contributed by atoms with E-state index in [4.69, 9.17) is 4.74 Å². The van der Waals surface area contributed by atoms with E-state index < -0.39 is 0 Å². The van der Waals surface area contributed by atoms with Gasteiger partial charge in [-0.1, -0.05) is 13.3 Å². The third-order valence-corrected chi connectivity index (χ3v) is 4.44. The summed E-state index contributed by atoms with van der Waals surface area (Å²) in [5, 5.41) is 7.03. The van der Waals surface area contributed by atoms with E-state index in [2.05, 4.69) is 29.5 Å². The number of rotatable bonds is 6. The first-order valence-electron chi connectivity index (χ1n) is 7.04. The van der Waals surface area contributed by atoms with Gasteiger partial charge in [0.2, 0.25) is 0 Å². The number of hydrogen-bond acceptors (Lipinski definition) is 4. The second-order valence-corrected chi connectivity index (χ2v) is 6.03. The van der Waals surface area contributed by atoms with Crippen molar-refractivity contribution in [2.24, 2.45) is 0 Å². The maximum absolute atomic E-state index is 5.77. The molecule has 3 nitrogen and oxygen atoms in total. The lowest BCUT2D eigenvalue weighted by atomic mass is 10.00. The highest BCUT2D eigenvalue weighted by molar-refractivity contribution is 7.09. The second kappa shape index (κ2) is 7.22. The molecule has 0 radical (unpaired) electrons. The third kappa shape index (κ3) is 4.34. The van der Waals surface area contributed by atoms with Crippen LogP contribution in [0.2, 0.25) is 0 Å². The molecule has 2 atom stereocenters. The molecule has 18 heavy (non-hydrogen) atoms. The molecule has 4 heteroatoms. The Labute approximate surface area is 114 Å². The van der Waals surface area contributed by atoms with E-state index >= 15 is 0 Å². The van der Waals surface area contributed by atoms with Crippen LogP contribution >= 0.6 is 11.3 Å². The van der Waals surface area contributed by atoms with E-state index in [1.807, 2.05) is 0 Å². The summed E-state index contributed by atoms with van der Waals surface area (Å²) in [5.41, 5.74) is 1.14. The summed E-state index contributed by atoms with van der Waals surface area (Å²) in [5.74, 6) is 0. The molecule has 0 aliphatic carbocycles. The highest BCUT2D eigenvalue weighted by atomic mass is 32.1. The Hall–Kier alpha value is -0.450. The van der Waals surface area contributed by atoms with Gasteiger partial charge in [-0.2, -0.15) is 0 Å². The summed E-state index contributed by atoms with van der Waals surface area (Å²) in [6, 6.07) is 0.636. The topological polar surface area (TPSA) is 34.2 Å². The fraction of sp³-hybridized carbons (Fsp3) is 0.786. The van der Waals surface area contributed by atoms with Gasteiger partial charge in [-0.15, -0.1) is 11.3 Å². The van der Waals surface area contributed by atoms with Gasteiger partial charge in [-0.05, 0) is 26.2 Å². The lowest BCUT2D eigenvalue weighted by Crippen LogP contribution is -2.39. The summed E-state index contributed by atoms with van der Waals surface area (Å²) in [6.07, 6.45) is 6.26. The molecule has 102 valence electrons. The Kier molecular flexibility index (Phi) is 5.60. The fourth-order valence-electron chi connectivity index (χ4n) is 2.49. The minimum absolute atomic E-state index is 0.475. The average molecular weight is 268 g/mol. The minimum Gasteiger partial charge on any atom is -0.378 e. The Bertz CT molecular complexity index is 351. The van der Waals surface area contributed by atoms with Gasteiger partial charge < -0.3 is 10.1 Å². The standard InChI is InChI=1S/C14H24N2OS/c1-3-4-13-9-12(6-8-17-13)15-7-5-14-16-11(2)10-18-14/h10,12-13,15H,3-9H2,1-2H3. The minimum atomic E-state index is 0.475. The van der Waals surface area contributed by atoms with Crippen LogP contribution in [0, 0.1) is 6.92 Å². The van der Waals surface area contributed by atoms with E-state index in [-0.39, 0.29) is 0 Å². The number of hydrogen-bond donors (Lipinski definition) is 1. The first-order chi connectivity index (χ1) is 8.78. The molecular weight excluding hydrogens is 244 g/mol. The van der Waals surface area contributed by atoms with Gasteiger partial charge in [0.05, 0.1) is 11.1 Å². The predicted molar refractivity (Wildman–Crippen MR) is 76.2 cm³/mol. The maximum atomic E-state index is 5.77. The molecule has 1 saturated heterocycles. The zero-order valence-corrected chi connectivity index (χ0v) is 12.3. The van der Waals surface area contributed by atoms with Crippen LogP contribution in [0.5, 0.6) is 0 Å². The van der Waals surface area contributed by atoms with E-state index in [1.54, 1.807) is 11.3 Å². The normalized spacial score (nSPS) is 24.3. The third-order valence-electron chi connectivity index (χ3n) is 3.42. The summed E-state index contributed by atoms with van der Waals surface area (Å²) in [7, 11) is 0. The molecule has 0 aromatic carbocycles. The molecule has 0 amide bonds. The largest absolute Gasteiger partial charge is 0.378 e. The van der Waals surface area contributed by atoms with Crippen molar-refractivity contribution in [3.8, 4) is 0 Å². The molecule has 2 heterocycles. The number of ether oxygens (including phenoxy) is 1. The van der Waals surface area contributed by atoms with Crippen molar-refractivity contribution in [3.05, 3.63) is 16.1 Å². The molecule has 0 bridgehead atoms. The Morgan fingerprint density at radius 1 is 1.56 bits per heavy atom. The molecular formula is C14H24N2OS. The van der Waals surface area contributed by atoms with Crippen LogP contribution in [-0.4, -0.2) is 30.3 Å². The van der Waals surface area contributed by atoms with Crippen LogP contribution in [0.3, 0.4) is 0 Å². The van der Waals surface area contributed by atoms with Gasteiger partial charge in [0, 0.05) is 36.7 Å². The molecule has 2 rings (SSSR count). The first kappa shape index (κ1) is 14.0. The Balaban J connectivity index is 1.66. The number of aromatic nitrogens is 1. The van der Waals surface area contributed by atoms with Gasteiger partial charge in [-0.3, -0.25) is 0 Å². The summed E-state index contributed by atoms with van der Waals surface area (Å²) in [6.45, 7) is 6.24. The van der Waals surface area contributed by atoms with Crippen LogP contribution < -0.4 is 5.32 Å². The molecule has 1 aliphatic heterocycles. The van der Waals surface area contributed by atoms with Crippen molar-refractivity contribution in [2.75, 3.05) is 13.2 Å². The molecule has 1 aliphatic rings. The van der Waals surface area contributed by atoms with Gasteiger partial charge in [-0.25, -0.2) is 4.98 Å². The second-order valence-electron chi connectivity index (χ2n) is 5.09. The van der Waals surface area contributed by atoms with Crippen molar-refractivity contribution in [1.29, 1.82) is 0 Å². The van der Waals surface area contributed by atoms with Crippen molar-refractivity contribution in [1.82, 2.24) is 10.3 Å². The zero-order chi connectivity index (χ0) is 12.8. The summed E-state index contributed by atoms with van der Waals surface area (Å²) < 4.78 is 5.77. The van der Waals surface area contributed by atoms with Gasteiger partial charge in [0.15, 0.2) is 0 Å². The first-order valence-corrected chi connectivity index (χ1v) is 7.92. The highest BCUT2D eigenvalue weighted by Crippen LogP contribution is 2.18. The van der Waals surface area contributed by atoms with Crippen LogP contribution in [0.1, 0.15) is 43.3 Å². The molecule has 1 aromatic rings. The van der Waals surface area contributed by atoms with E-state index in [0.717, 1.165) is 31.7 Å². The molecule has 1 aromatic heterocycles. The zero-order valence-electron chi connectivity index (χ0n) is 11.4. The van der Waals surface area contributed by atoms with E-state index in [1.165, 1.54) is 24.3 Å². The molecule has 0 spiro atoms. The van der Waals surface area contributed by atoms with Crippen LogP contribution in [-0.2, 0) is 11.2 Å². The summed E-state index contributed by atoms with van der Waals surface area (Å²) in [4.78, 5) is 4.49. The van der Waals surface area contributed by atoms with Crippen LogP contribution in [0.4, 0.5) is 0 Å². The number of thiazole rings is 1. The SMILES string of the molecule is CCCC1CC(NCCc2nc(C)cs2)CCO1. The lowest BCUT2D eigenvalue weighted by Gasteiger charge is -2.30. The van der Waals surface area contributed by atoms with Gasteiger partial charge >= 0.3 is 0 Å². The van der Waals surface area contributed by atoms with Crippen molar-refractivity contribution in [3.63, 3.8) is 0 Å². The molecule has 0 saturated carbocycles. The average Bonchev–Trinajstić information content (AvgIpc) is 2.76. The lowest BCUT2D eigenvalue weighted by molar-refractivity contribution is -0.00300. The number of nitrogens with one attached hydrogen (secondary N) is 1. The Morgan fingerprint density at radius 2 is 2.44 bits per heavy atom. The van der Waals surface area contributed by atoms with Gasteiger partial charge in [0.1, 0.15) is 0 Å². The van der Waals surface area contributed by atoms with Gasteiger partial charge in [0.25, 0.3) is 0 Å². The molecule has 2 unspecified atom stereocenters. The van der Waals surface area contributed by atoms with Crippen molar-refractivity contribution >= 4 is 11.3 Å². The number of aryl methyl sites for hydroxylation is 1. The molecule has 1 N–H and O–H groups in total. The Morgan fingerprint density at radius 3 is 3.17 bits per heavy atom. The smallest absolute Gasteiger partial charge is 0.0940 e.